The number of rotatable bonds is 3. The minimum Gasteiger partial charge on any atom is -0.328 e. The van der Waals surface area contributed by atoms with Crippen LogP contribution >= 0.6 is 0 Å². The Balaban J connectivity index is 1.65. The zero-order chi connectivity index (χ0) is 19.1. The van der Waals surface area contributed by atoms with Gasteiger partial charge in [0.1, 0.15) is 0 Å². The van der Waals surface area contributed by atoms with E-state index in [4.69, 9.17) is 0 Å². The molecule has 1 aliphatic rings. The lowest BCUT2D eigenvalue weighted by atomic mass is 10.1. The zero-order valence-electron chi connectivity index (χ0n) is 15.3. The van der Waals surface area contributed by atoms with E-state index >= 15 is 0 Å². The fourth-order valence-electron chi connectivity index (χ4n) is 3.96. The number of nitrogens with zero attached hydrogens (tertiary/aromatic N) is 2. The van der Waals surface area contributed by atoms with Crippen molar-refractivity contribution in [2.75, 3.05) is 11.4 Å². The smallest absolute Gasteiger partial charge is 0.258 e. The van der Waals surface area contributed by atoms with Gasteiger partial charge >= 0.3 is 0 Å². The van der Waals surface area contributed by atoms with Gasteiger partial charge < -0.3 is 14.5 Å². The van der Waals surface area contributed by atoms with E-state index in [1.807, 2.05) is 76.3 Å². The Kier molecular flexibility index (Phi) is 3.86. The van der Waals surface area contributed by atoms with Crippen LogP contribution in [0.15, 0.2) is 77.9 Å². The summed E-state index contributed by atoms with van der Waals surface area (Å²) in [5.41, 5.74) is 4.49. The highest BCUT2D eigenvalue weighted by molar-refractivity contribution is 5.98. The highest BCUT2D eigenvalue weighted by atomic mass is 16.2. The molecule has 4 aromatic rings. The molecular weight excluding hydrogens is 350 g/mol. The number of benzene rings is 2. The molecule has 1 fully saturated rings. The average Bonchev–Trinajstić information content (AvgIpc) is 3.33. The van der Waals surface area contributed by atoms with E-state index in [1.54, 1.807) is 6.20 Å². The Hall–Kier alpha value is -3.60. The van der Waals surface area contributed by atoms with Gasteiger partial charge in [0.15, 0.2) is 0 Å². The number of carbonyl (C=O) groups is 1. The normalized spacial score (nSPS) is 14.1. The quantitative estimate of drug-likeness (QED) is 0.591. The van der Waals surface area contributed by atoms with Crippen LogP contribution in [-0.2, 0) is 4.79 Å². The summed E-state index contributed by atoms with van der Waals surface area (Å²) >= 11 is 0. The number of anilines is 1. The van der Waals surface area contributed by atoms with Crippen LogP contribution in [0.4, 0.5) is 5.69 Å². The topological polar surface area (TPSA) is 58.1 Å². The van der Waals surface area contributed by atoms with E-state index in [9.17, 15) is 9.59 Å². The fourth-order valence-corrected chi connectivity index (χ4v) is 3.96. The SMILES string of the molecule is O=C1CCCN1c1ccc(-c2cn(-c3ccccc3)c3cc[nH]c(=O)c23)cc1. The molecule has 28 heavy (non-hydrogen) atoms. The number of pyridine rings is 1. The highest BCUT2D eigenvalue weighted by Crippen LogP contribution is 2.32. The molecule has 5 heteroatoms. The minimum atomic E-state index is -0.110. The Morgan fingerprint density at radius 3 is 2.36 bits per heavy atom. The van der Waals surface area contributed by atoms with Crippen molar-refractivity contribution in [1.82, 2.24) is 9.55 Å². The van der Waals surface area contributed by atoms with Crippen molar-refractivity contribution in [3.63, 3.8) is 0 Å². The van der Waals surface area contributed by atoms with Gasteiger partial charge in [-0.1, -0.05) is 30.3 Å². The molecule has 5 rings (SSSR count). The van der Waals surface area contributed by atoms with Gasteiger partial charge in [-0.05, 0) is 42.3 Å². The number of aromatic amines is 1. The second-order valence-electron chi connectivity index (χ2n) is 7.01. The molecule has 1 amide bonds. The third-order valence-electron chi connectivity index (χ3n) is 5.32. The van der Waals surface area contributed by atoms with Crippen LogP contribution in [0.1, 0.15) is 12.8 Å². The molecular formula is C23H19N3O2. The van der Waals surface area contributed by atoms with Crippen LogP contribution in [0, 0.1) is 0 Å². The van der Waals surface area contributed by atoms with Gasteiger partial charge in [-0.2, -0.15) is 0 Å². The number of carbonyl (C=O) groups excluding carboxylic acids is 1. The lowest BCUT2D eigenvalue weighted by Gasteiger charge is -2.15. The number of fused-ring (bicyclic) bond motifs is 1. The minimum absolute atomic E-state index is 0.110. The van der Waals surface area contributed by atoms with E-state index in [2.05, 4.69) is 4.98 Å². The number of hydrogen-bond donors (Lipinski definition) is 1. The van der Waals surface area contributed by atoms with Crippen molar-refractivity contribution in [3.8, 4) is 16.8 Å². The van der Waals surface area contributed by atoms with Crippen molar-refractivity contribution in [1.29, 1.82) is 0 Å². The zero-order valence-corrected chi connectivity index (χ0v) is 15.3. The monoisotopic (exact) mass is 369 g/mol. The van der Waals surface area contributed by atoms with Gasteiger partial charge in [0.05, 0.1) is 10.9 Å². The van der Waals surface area contributed by atoms with Gasteiger partial charge in [0, 0.05) is 42.3 Å². The first-order chi connectivity index (χ1) is 13.7. The van der Waals surface area contributed by atoms with Crippen molar-refractivity contribution in [3.05, 3.63) is 83.4 Å². The fraction of sp³-hybridized carbons (Fsp3) is 0.130. The maximum Gasteiger partial charge on any atom is 0.258 e. The number of hydrogen-bond acceptors (Lipinski definition) is 2. The Morgan fingerprint density at radius 1 is 0.857 bits per heavy atom. The van der Waals surface area contributed by atoms with E-state index in [-0.39, 0.29) is 11.5 Å². The molecule has 0 aliphatic carbocycles. The highest BCUT2D eigenvalue weighted by Gasteiger charge is 2.22. The summed E-state index contributed by atoms with van der Waals surface area (Å²) < 4.78 is 2.04. The summed E-state index contributed by atoms with van der Waals surface area (Å²) in [6.07, 6.45) is 5.20. The van der Waals surface area contributed by atoms with E-state index in [0.717, 1.165) is 41.0 Å². The van der Waals surface area contributed by atoms with E-state index < -0.39 is 0 Å². The lowest BCUT2D eigenvalue weighted by Crippen LogP contribution is -2.23. The molecule has 1 saturated heterocycles. The molecule has 0 saturated carbocycles. The number of amides is 1. The molecule has 1 N–H and O–H groups in total. The number of H-pyrrole nitrogens is 1. The summed E-state index contributed by atoms with van der Waals surface area (Å²) in [5, 5.41) is 0.663. The van der Waals surface area contributed by atoms with E-state index in [1.165, 1.54) is 0 Å². The second kappa shape index (κ2) is 6.53. The van der Waals surface area contributed by atoms with E-state index in [0.29, 0.717) is 11.8 Å². The molecule has 2 aromatic carbocycles. The molecule has 0 radical (unpaired) electrons. The van der Waals surface area contributed by atoms with Crippen molar-refractivity contribution < 1.29 is 4.79 Å². The molecule has 0 unspecified atom stereocenters. The first-order valence-electron chi connectivity index (χ1n) is 9.41. The molecule has 1 aliphatic heterocycles. The van der Waals surface area contributed by atoms with Crippen LogP contribution in [-0.4, -0.2) is 22.0 Å². The van der Waals surface area contributed by atoms with Crippen LogP contribution in [0.3, 0.4) is 0 Å². The Morgan fingerprint density at radius 2 is 1.64 bits per heavy atom. The second-order valence-corrected chi connectivity index (χ2v) is 7.01. The first-order valence-corrected chi connectivity index (χ1v) is 9.41. The lowest BCUT2D eigenvalue weighted by molar-refractivity contribution is -0.117. The van der Waals surface area contributed by atoms with Gasteiger partial charge in [-0.15, -0.1) is 0 Å². The number of aromatic nitrogens is 2. The molecule has 0 spiro atoms. The predicted octanol–water partition coefficient (Wildman–Crippen LogP) is 4.11. The third kappa shape index (κ3) is 2.63. The van der Waals surface area contributed by atoms with Gasteiger partial charge in [-0.3, -0.25) is 9.59 Å². The predicted molar refractivity (Wildman–Crippen MR) is 111 cm³/mol. The molecule has 0 atom stereocenters. The number of para-hydroxylation sites is 1. The molecule has 2 aromatic heterocycles. The Labute approximate surface area is 161 Å². The standard InChI is InChI=1S/C23H19N3O2/c27-21-7-4-14-25(21)18-10-8-16(9-11-18)19-15-26(17-5-2-1-3-6-17)20-12-13-24-23(28)22(19)20/h1-3,5-6,8-13,15H,4,7,14H2,(H,24,28). The summed E-state index contributed by atoms with van der Waals surface area (Å²) in [5.74, 6) is 0.171. The third-order valence-corrected chi connectivity index (χ3v) is 5.32. The van der Waals surface area contributed by atoms with Crippen molar-refractivity contribution >= 4 is 22.5 Å². The largest absolute Gasteiger partial charge is 0.328 e. The Bertz CT molecular complexity index is 1220. The van der Waals surface area contributed by atoms with Gasteiger partial charge in [0.25, 0.3) is 5.56 Å². The van der Waals surface area contributed by atoms with Gasteiger partial charge in [0.2, 0.25) is 5.91 Å². The van der Waals surface area contributed by atoms with Crippen LogP contribution in [0.5, 0.6) is 0 Å². The summed E-state index contributed by atoms with van der Waals surface area (Å²) in [4.78, 5) is 29.2. The maximum absolute atomic E-state index is 12.6. The molecule has 5 nitrogen and oxygen atoms in total. The van der Waals surface area contributed by atoms with Gasteiger partial charge in [-0.25, -0.2) is 0 Å². The summed E-state index contributed by atoms with van der Waals surface area (Å²) in [6.45, 7) is 0.769. The van der Waals surface area contributed by atoms with Crippen LogP contribution in [0.2, 0.25) is 0 Å². The van der Waals surface area contributed by atoms with Crippen LogP contribution in [0.25, 0.3) is 27.7 Å². The van der Waals surface area contributed by atoms with Crippen molar-refractivity contribution in [2.24, 2.45) is 0 Å². The molecule has 3 heterocycles. The first kappa shape index (κ1) is 16.6. The number of nitrogens with one attached hydrogen (secondary N) is 1. The van der Waals surface area contributed by atoms with Crippen molar-refractivity contribution in [2.45, 2.75) is 12.8 Å². The maximum atomic E-state index is 12.6. The molecule has 0 bridgehead atoms. The molecule has 138 valence electrons. The summed E-state index contributed by atoms with van der Waals surface area (Å²) in [7, 11) is 0. The summed E-state index contributed by atoms with van der Waals surface area (Å²) in [6, 6.07) is 19.8. The van der Waals surface area contributed by atoms with Crippen LogP contribution < -0.4 is 10.5 Å². The average molecular weight is 369 g/mol.